The predicted octanol–water partition coefficient (Wildman–Crippen LogP) is 4.89. The summed E-state index contributed by atoms with van der Waals surface area (Å²) in [5.41, 5.74) is 1.06. The molecule has 0 saturated heterocycles. The molecule has 2 aromatic rings. The molecule has 0 amide bonds. The fourth-order valence-corrected chi connectivity index (χ4v) is 2.12. The van der Waals surface area contributed by atoms with Gasteiger partial charge in [-0.3, -0.25) is 0 Å². The SMILES string of the molecule is Cc1ccc(C(F)(F)F)cc1NC(C)c1ccccc1O. The van der Waals surface area contributed by atoms with E-state index in [9.17, 15) is 18.3 Å². The summed E-state index contributed by atoms with van der Waals surface area (Å²) in [6.07, 6.45) is -4.37. The van der Waals surface area contributed by atoms with Crippen LogP contribution in [0.1, 0.15) is 29.7 Å². The molecule has 0 fully saturated rings. The fourth-order valence-electron chi connectivity index (χ4n) is 2.12. The van der Waals surface area contributed by atoms with Gasteiger partial charge in [-0.2, -0.15) is 13.2 Å². The van der Waals surface area contributed by atoms with Gasteiger partial charge in [-0.05, 0) is 37.6 Å². The lowest BCUT2D eigenvalue weighted by atomic mass is 10.0. The molecular weight excluding hydrogens is 279 g/mol. The molecule has 1 atom stereocenters. The van der Waals surface area contributed by atoms with Crippen LogP contribution in [0.25, 0.3) is 0 Å². The summed E-state index contributed by atoms with van der Waals surface area (Å²) in [7, 11) is 0. The van der Waals surface area contributed by atoms with Gasteiger partial charge >= 0.3 is 6.18 Å². The Hall–Kier alpha value is -2.17. The van der Waals surface area contributed by atoms with Crippen molar-refractivity contribution in [2.75, 3.05) is 5.32 Å². The lowest BCUT2D eigenvalue weighted by molar-refractivity contribution is -0.137. The van der Waals surface area contributed by atoms with Crippen molar-refractivity contribution in [3.8, 4) is 5.75 Å². The van der Waals surface area contributed by atoms with E-state index in [0.29, 0.717) is 16.8 Å². The van der Waals surface area contributed by atoms with Gasteiger partial charge in [0.25, 0.3) is 0 Å². The highest BCUT2D eigenvalue weighted by Gasteiger charge is 2.30. The van der Waals surface area contributed by atoms with E-state index in [4.69, 9.17) is 0 Å². The van der Waals surface area contributed by atoms with Crippen LogP contribution in [0.3, 0.4) is 0 Å². The zero-order chi connectivity index (χ0) is 15.6. The highest BCUT2D eigenvalue weighted by atomic mass is 19.4. The maximum atomic E-state index is 12.8. The summed E-state index contributed by atoms with van der Waals surface area (Å²) in [4.78, 5) is 0. The molecule has 0 aliphatic rings. The summed E-state index contributed by atoms with van der Waals surface area (Å²) in [5.74, 6) is 0.113. The van der Waals surface area contributed by atoms with Gasteiger partial charge in [-0.1, -0.05) is 24.3 Å². The minimum absolute atomic E-state index is 0.113. The summed E-state index contributed by atoms with van der Waals surface area (Å²) >= 11 is 0. The lowest BCUT2D eigenvalue weighted by Crippen LogP contribution is -2.10. The Morgan fingerprint density at radius 1 is 1.10 bits per heavy atom. The average Bonchev–Trinajstić information content (AvgIpc) is 2.40. The van der Waals surface area contributed by atoms with Crippen molar-refractivity contribution in [1.82, 2.24) is 0 Å². The first kappa shape index (κ1) is 15.2. The molecule has 2 aromatic carbocycles. The van der Waals surface area contributed by atoms with Gasteiger partial charge in [0.15, 0.2) is 0 Å². The first-order valence-corrected chi connectivity index (χ1v) is 6.51. The Labute approximate surface area is 121 Å². The molecule has 0 aliphatic carbocycles. The van der Waals surface area contributed by atoms with Gasteiger partial charge < -0.3 is 10.4 Å². The largest absolute Gasteiger partial charge is 0.508 e. The number of hydrogen-bond acceptors (Lipinski definition) is 2. The Morgan fingerprint density at radius 3 is 2.38 bits per heavy atom. The number of aryl methyl sites for hydroxylation is 1. The number of nitrogens with one attached hydrogen (secondary N) is 1. The minimum Gasteiger partial charge on any atom is -0.508 e. The van der Waals surface area contributed by atoms with E-state index in [2.05, 4.69) is 5.32 Å². The zero-order valence-corrected chi connectivity index (χ0v) is 11.7. The molecule has 21 heavy (non-hydrogen) atoms. The summed E-state index contributed by atoms with van der Waals surface area (Å²) in [6.45, 7) is 3.52. The van der Waals surface area contributed by atoms with Crippen LogP contribution in [0.15, 0.2) is 42.5 Å². The number of phenolic OH excluding ortho intramolecular Hbond substituents is 1. The number of halogens is 3. The fraction of sp³-hybridized carbons (Fsp3) is 0.250. The number of anilines is 1. The van der Waals surface area contributed by atoms with Crippen LogP contribution in [-0.2, 0) is 6.18 Å². The molecule has 0 heterocycles. The molecule has 0 aliphatic heterocycles. The van der Waals surface area contributed by atoms with Crippen molar-refractivity contribution in [1.29, 1.82) is 0 Å². The topological polar surface area (TPSA) is 32.3 Å². The van der Waals surface area contributed by atoms with Crippen molar-refractivity contribution in [2.45, 2.75) is 26.1 Å². The number of benzene rings is 2. The molecule has 112 valence electrons. The number of para-hydroxylation sites is 1. The maximum absolute atomic E-state index is 12.8. The molecule has 2 nitrogen and oxygen atoms in total. The van der Waals surface area contributed by atoms with Crippen LogP contribution in [0, 0.1) is 6.92 Å². The summed E-state index contributed by atoms with van der Waals surface area (Å²) in [5, 5.41) is 12.8. The van der Waals surface area contributed by atoms with E-state index in [0.717, 1.165) is 12.1 Å². The zero-order valence-electron chi connectivity index (χ0n) is 11.7. The van der Waals surface area contributed by atoms with Crippen LogP contribution < -0.4 is 5.32 Å². The van der Waals surface area contributed by atoms with Crippen molar-refractivity contribution in [2.24, 2.45) is 0 Å². The molecule has 5 heteroatoms. The van der Waals surface area contributed by atoms with E-state index in [1.54, 1.807) is 38.1 Å². The lowest BCUT2D eigenvalue weighted by Gasteiger charge is -2.19. The third-order valence-electron chi connectivity index (χ3n) is 3.34. The van der Waals surface area contributed by atoms with Crippen molar-refractivity contribution in [3.05, 3.63) is 59.2 Å². The van der Waals surface area contributed by atoms with Gasteiger partial charge in [-0.15, -0.1) is 0 Å². The van der Waals surface area contributed by atoms with E-state index >= 15 is 0 Å². The minimum atomic E-state index is -4.37. The molecule has 1 unspecified atom stereocenters. The molecule has 2 N–H and O–H groups in total. The summed E-state index contributed by atoms with van der Waals surface area (Å²) in [6, 6.07) is 10.0. The number of alkyl halides is 3. The molecule has 0 aromatic heterocycles. The Bertz CT molecular complexity index is 638. The van der Waals surface area contributed by atoms with Crippen molar-refractivity contribution < 1.29 is 18.3 Å². The Balaban J connectivity index is 2.29. The van der Waals surface area contributed by atoms with E-state index in [-0.39, 0.29) is 11.8 Å². The highest BCUT2D eigenvalue weighted by Crippen LogP contribution is 2.34. The van der Waals surface area contributed by atoms with Crippen molar-refractivity contribution >= 4 is 5.69 Å². The second-order valence-corrected chi connectivity index (χ2v) is 4.95. The molecule has 0 spiro atoms. The summed E-state index contributed by atoms with van der Waals surface area (Å²) < 4.78 is 38.3. The molecule has 0 saturated carbocycles. The monoisotopic (exact) mass is 295 g/mol. The highest BCUT2D eigenvalue weighted by molar-refractivity contribution is 5.55. The van der Waals surface area contributed by atoms with Gasteiger partial charge in [0.1, 0.15) is 5.75 Å². The molecular formula is C16H16F3NO. The second kappa shape index (κ2) is 5.68. The first-order chi connectivity index (χ1) is 9.79. The second-order valence-electron chi connectivity index (χ2n) is 4.95. The Kier molecular flexibility index (Phi) is 4.11. The number of phenols is 1. The van der Waals surface area contributed by atoms with E-state index in [1.165, 1.54) is 6.07 Å². The average molecular weight is 295 g/mol. The number of hydrogen-bond donors (Lipinski definition) is 2. The third kappa shape index (κ3) is 3.48. The standard InChI is InChI=1S/C16H16F3NO/c1-10-7-8-12(16(17,18)19)9-14(10)20-11(2)13-5-3-4-6-15(13)21/h3-9,11,20-21H,1-2H3. The molecule has 0 bridgehead atoms. The molecule has 0 radical (unpaired) electrons. The third-order valence-corrected chi connectivity index (χ3v) is 3.34. The predicted molar refractivity (Wildman–Crippen MR) is 76.3 cm³/mol. The van der Waals surface area contributed by atoms with Crippen LogP contribution in [0.5, 0.6) is 5.75 Å². The van der Waals surface area contributed by atoms with Crippen LogP contribution in [0.2, 0.25) is 0 Å². The Morgan fingerprint density at radius 2 is 1.76 bits per heavy atom. The van der Waals surface area contributed by atoms with E-state index < -0.39 is 11.7 Å². The van der Waals surface area contributed by atoms with Crippen LogP contribution in [0.4, 0.5) is 18.9 Å². The quantitative estimate of drug-likeness (QED) is 0.844. The van der Waals surface area contributed by atoms with Gasteiger partial charge in [-0.25, -0.2) is 0 Å². The van der Waals surface area contributed by atoms with Crippen LogP contribution in [-0.4, -0.2) is 5.11 Å². The van der Waals surface area contributed by atoms with Gasteiger partial charge in [0.05, 0.1) is 11.6 Å². The molecule has 2 rings (SSSR count). The number of aromatic hydroxyl groups is 1. The van der Waals surface area contributed by atoms with Gasteiger partial charge in [0.2, 0.25) is 0 Å². The number of rotatable bonds is 3. The first-order valence-electron chi connectivity index (χ1n) is 6.51. The maximum Gasteiger partial charge on any atom is 0.416 e. The normalized spacial score (nSPS) is 13.0. The smallest absolute Gasteiger partial charge is 0.416 e. The van der Waals surface area contributed by atoms with Gasteiger partial charge in [0, 0.05) is 11.3 Å². The van der Waals surface area contributed by atoms with Crippen molar-refractivity contribution in [3.63, 3.8) is 0 Å². The van der Waals surface area contributed by atoms with E-state index in [1.807, 2.05) is 0 Å². The van der Waals surface area contributed by atoms with Crippen LogP contribution >= 0.6 is 0 Å².